The van der Waals surface area contributed by atoms with E-state index in [1.807, 2.05) is 30.3 Å². The number of rotatable bonds is 10. The molecule has 1 aromatic heterocycles. The van der Waals surface area contributed by atoms with Gasteiger partial charge in [0.25, 0.3) is 0 Å². The van der Waals surface area contributed by atoms with Crippen LogP contribution >= 0.6 is 0 Å². The summed E-state index contributed by atoms with van der Waals surface area (Å²) < 4.78 is 8.50. The Morgan fingerprint density at radius 3 is 2.38 bits per heavy atom. The second-order valence-electron chi connectivity index (χ2n) is 6.95. The fourth-order valence-electron chi connectivity index (χ4n) is 3.45. The molecule has 0 aliphatic heterocycles. The van der Waals surface area contributed by atoms with Crippen molar-refractivity contribution in [3.63, 3.8) is 0 Å². The van der Waals surface area contributed by atoms with E-state index in [2.05, 4.69) is 42.7 Å². The molecule has 3 nitrogen and oxygen atoms in total. The molecule has 1 unspecified atom stereocenters. The number of aromatic nitrogens is 2. The Bertz CT molecular complexity index is 794. The van der Waals surface area contributed by atoms with Gasteiger partial charge >= 0.3 is 0 Å². The Labute approximate surface area is 157 Å². The van der Waals surface area contributed by atoms with Crippen LogP contribution in [0.3, 0.4) is 0 Å². The summed E-state index contributed by atoms with van der Waals surface area (Å²) in [7, 11) is 0. The number of imidazole rings is 1. The standard InChI is InChI=1S/C23H30N2O/c1-3-4-5-6-7-13-18-25-22-17-12-11-16-21(22)24-23(25)19(2)26-20-14-9-8-10-15-20/h8-12,14-17,19H,3-7,13,18H2,1-2H3. The molecule has 3 rings (SSSR count). The summed E-state index contributed by atoms with van der Waals surface area (Å²) in [5.41, 5.74) is 2.26. The minimum Gasteiger partial charge on any atom is -0.483 e. The van der Waals surface area contributed by atoms with Gasteiger partial charge in [-0.1, -0.05) is 69.4 Å². The van der Waals surface area contributed by atoms with Crippen molar-refractivity contribution in [1.82, 2.24) is 9.55 Å². The molecule has 0 aliphatic carbocycles. The number of hydrogen-bond donors (Lipinski definition) is 0. The van der Waals surface area contributed by atoms with Gasteiger partial charge in [0.2, 0.25) is 0 Å². The van der Waals surface area contributed by atoms with Crippen molar-refractivity contribution in [2.24, 2.45) is 0 Å². The SMILES string of the molecule is CCCCCCCCn1c(C(C)Oc2ccccc2)nc2ccccc21. The van der Waals surface area contributed by atoms with Crippen LogP contribution in [-0.2, 0) is 6.54 Å². The minimum atomic E-state index is -0.0788. The summed E-state index contributed by atoms with van der Waals surface area (Å²) >= 11 is 0. The molecule has 0 saturated carbocycles. The van der Waals surface area contributed by atoms with Gasteiger partial charge in [-0.3, -0.25) is 0 Å². The van der Waals surface area contributed by atoms with Gasteiger partial charge < -0.3 is 9.30 Å². The lowest BCUT2D eigenvalue weighted by Gasteiger charge is -2.17. The highest BCUT2D eigenvalue weighted by Gasteiger charge is 2.17. The summed E-state index contributed by atoms with van der Waals surface area (Å²) in [5, 5.41) is 0. The van der Waals surface area contributed by atoms with Gasteiger partial charge in [-0.2, -0.15) is 0 Å². The zero-order valence-electron chi connectivity index (χ0n) is 16.0. The molecule has 0 aliphatic rings. The van der Waals surface area contributed by atoms with E-state index in [0.717, 1.165) is 23.6 Å². The second kappa shape index (κ2) is 9.42. The van der Waals surface area contributed by atoms with E-state index in [4.69, 9.17) is 9.72 Å². The Morgan fingerprint density at radius 2 is 1.58 bits per heavy atom. The molecule has 26 heavy (non-hydrogen) atoms. The molecule has 0 bridgehead atoms. The zero-order valence-corrected chi connectivity index (χ0v) is 16.0. The fourth-order valence-corrected chi connectivity index (χ4v) is 3.45. The maximum absolute atomic E-state index is 6.15. The zero-order chi connectivity index (χ0) is 18.2. The van der Waals surface area contributed by atoms with Gasteiger partial charge in [0, 0.05) is 6.54 Å². The molecule has 0 saturated heterocycles. The van der Waals surface area contributed by atoms with E-state index in [1.165, 1.54) is 44.0 Å². The van der Waals surface area contributed by atoms with Gasteiger partial charge in [-0.05, 0) is 37.6 Å². The van der Waals surface area contributed by atoms with Crippen LogP contribution in [0.15, 0.2) is 54.6 Å². The lowest BCUT2D eigenvalue weighted by Crippen LogP contribution is -2.12. The van der Waals surface area contributed by atoms with Crippen molar-refractivity contribution in [2.75, 3.05) is 0 Å². The number of hydrogen-bond acceptors (Lipinski definition) is 2. The monoisotopic (exact) mass is 350 g/mol. The van der Waals surface area contributed by atoms with E-state index in [-0.39, 0.29) is 6.10 Å². The molecule has 3 aromatic rings. The highest BCUT2D eigenvalue weighted by Crippen LogP contribution is 2.25. The average Bonchev–Trinajstić information content (AvgIpc) is 3.04. The van der Waals surface area contributed by atoms with Crippen LogP contribution in [0.2, 0.25) is 0 Å². The van der Waals surface area contributed by atoms with Gasteiger partial charge in [-0.25, -0.2) is 4.98 Å². The lowest BCUT2D eigenvalue weighted by molar-refractivity contribution is 0.211. The predicted octanol–water partition coefficient (Wildman–Crippen LogP) is 6.54. The summed E-state index contributed by atoms with van der Waals surface area (Å²) in [6.07, 6.45) is 7.71. The van der Waals surface area contributed by atoms with Gasteiger partial charge in [0.05, 0.1) is 11.0 Å². The summed E-state index contributed by atoms with van der Waals surface area (Å²) in [5.74, 6) is 1.90. The third-order valence-corrected chi connectivity index (χ3v) is 4.84. The van der Waals surface area contributed by atoms with Gasteiger partial charge in [-0.15, -0.1) is 0 Å². The number of para-hydroxylation sites is 3. The molecule has 0 fully saturated rings. The number of benzene rings is 2. The van der Waals surface area contributed by atoms with Crippen molar-refractivity contribution < 1.29 is 4.74 Å². The molecule has 0 radical (unpaired) electrons. The van der Waals surface area contributed by atoms with Crippen molar-refractivity contribution in [3.8, 4) is 5.75 Å². The first-order valence-electron chi connectivity index (χ1n) is 9.96. The first kappa shape index (κ1) is 18.5. The first-order valence-corrected chi connectivity index (χ1v) is 9.96. The molecular formula is C23H30N2O. The van der Waals surface area contributed by atoms with Gasteiger partial charge in [0.1, 0.15) is 5.75 Å². The van der Waals surface area contributed by atoms with E-state index < -0.39 is 0 Å². The lowest BCUT2D eigenvalue weighted by atomic mass is 10.1. The fraction of sp³-hybridized carbons (Fsp3) is 0.435. The largest absolute Gasteiger partial charge is 0.483 e. The molecule has 1 atom stereocenters. The van der Waals surface area contributed by atoms with E-state index in [9.17, 15) is 0 Å². The summed E-state index contributed by atoms with van der Waals surface area (Å²) in [6.45, 7) is 5.36. The third kappa shape index (κ3) is 4.66. The highest BCUT2D eigenvalue weighted by molar-refractivity contribution is 5.76. The van der Waals surface area contributed by atoms with Crippen LogP contribution < -0.4 is 4.74 Å². The average molecular weight is 351 g/mol. The predicted molar refractivity (Wildman–Crippen MR) is 109 cm³/mol. The van der Waals surface area contributed by atoms with Crippen LogP contribution in [0.1, 0.15) is 64.3 Å². The molecule has 0 spiro atoms. The first-order chi connectivity index (χ1) is 12.8. The van der Waals surface area contributed by atoms with Crippen LogP contribution in [0.25, 0.3) is 11.0 Å². The topological polar surface area (TPSA) is 27.1 Å². The molecule has 2 aromatic carbocycles. The van der Waals surface area contributed by atoms with Crippen molar-refractivity contribution >= 4 is 11.0 Å². The highest BCUT2D eigenvalue weighted by atomic mass is 16.5. The molecular weight excluding hydrogens is 320 g/mol. The summed E-state index contributed by atoms with van der Waals surface area (Å²) in [6, 6.07) is 18.4. The Balaban J connectivity index is 1.73. The number of ether oxygens (including phenoxy) is 1. The number of aryl methyl sites for hydroxylation is 1. The van der Waals surface area contributed by atoms with E-state index in [1.54, 1.807) is 0 Å². The van der Waals surface area contributed by atoms with Crippen molar-refractivity contribution in [3.05, 3.63) is 60.4 Å². The van der Waals surface area contributed by atoms with Gasteiger partial charge in [0.15, 0.2) is 11.9 Å². The Morgan fingerprint density at radius 1 is 0.885 bits per heavy atom. The van der Waals surface area contributed by atoms with Crippen LogP contribution in [0, 0.1) is 0 Å². The number of nitrogens with zero attached hydrogens (tertiary/aromatic N) is 2. The van der Waals surface area contributed by atoms with Crippen molar-refractivity contribution in [2.45, 2.75) is 65.0 Å². The molecule has 138 valence electrons. The van der Waals surface area contributed by atoms with E-state index in [0.29, 0.717) is 0 Å². The number of fused-ring (bicyclic) bond motifs is 1. The quantitative estimate of drug-likeness (QED) is 0.388. The second-order valence-corrected chi connectivity index (χ2v) is 6.95. The normalized spacial score (nSPS) is 12.4. The van der Waals surface area contributed by atoms with Crippen LogP contribution in [-0.4, -0.2) is 9.55 Å². The summed E-state index contributed by atoms with van der Waals surface area (Å²) in [4.78, 5) is 4.88. The Kier molecular flexibility index (Phi) is 6.70. The molecule has 0 N–H and O–H groups in total. The third-order valence-electron chi connectivity index (χ3n) is 4.84. The van der Waals surface area contributed by atoms with Crippen LogP contribution in [0.5, 0.6) is 5.75 Å². The number of unbranched alkanes of at least 4 members (excludes halogenated alkanes) is 5. The van der Waals surface area contributed by atoms with Crippen LogP contribution in [0.4, 0.5) is 0 Å². The minimum absolute atomic E-state index is 0.0788. The maximum Gasteiger partial charge on any atom is 0.153 e. The molecule has 0 amide bonds. The smallest absolute Gasteiger partial charge is 0.153 e. The van der Waals surface area contributed by atoms with E-state index >= 15 is 0 Å². The van der Waals surface area contributed by atoms with Crippen molar-refractivity contribution in [1.29, 1.82) is 0 Å². The Hall–Kier alpha value is -2.29. The molecule has 3 heteroatoms. The molecule has 1 heterocycles. The maximum atomic E-state index is 6.15.